The molecule has 0 heterocycles. The molecule has 0 fully saturated rings. The number of hydrogen-bond donors (Lipinski definition) is 0. The van der Waals surface area contributed by atoms with E-state index >= 15 is 0 Å². The lowest BCUT2D eigenvalue weighted by molar-refractivity contribution is 1.55. The van der Waals surface area contributed by atoms with E-state index in [1.165, 1.54) is 110 Å². The molecule has 0 amide bonds. The molecule has 0 aliphatic heterocycles. The van der Waals surface area contributed by atoms with Crippen LogP contribution in [-0.2, 0) is 0 Å². The molecule has 9 aromatic carbocycles. The molecule has 0 bridgehead atoms. The second-order valence-corrected chi connectivity index (χ2v) is 13.9. The van der Waals surface area contributed by atoms with Crippen molar-refractivity contribution in [3.8, 4) is 0 Å². The van der Waals surface area contributed by atoms with Gasteiger partial charge >= 0.3 is 0 Å². The van der Waals surface area contributed by atoms with Gasteiger partial charge in [-0.05, 0) is 134 Å². The maximum atomic E-state index is 2.48. The molecular formula is C52H32. The summed E-state index contributed by atoms with van der Waals surface area (Å²) in [4.78, 5) is 0. The molecule has 0 N–H and O–H groups in total. The van der Waals surface area contributed by atoms with Crippen LogP contribution in [0.5, 0.6) is 0 Å². The van der Waals surface area contributed by atoms with Crippen LogP contribution >= 0.6 is 0 Å². The first-order chi connectivity index (χ1) is 25.8. The van der Waals surface area contributed by atoms with Gasteiger partial charge in [0.1, 0.15) is 0 Å². The summed E-state index contributed by atoms with van der Waals surface area (Å²) in [5.74, 6) is 0. The van der Waals surface area contributed by atoms with Crippen molar-refractivity contribution in [3.05, 3.63) is 233 Å². The van der Waals surface area contributed by atoms with E-state index < -0.39 is 0 Å². The summed E-state index contributed by atoms with van der Waals surface area (Å²) in [6, 6.07) is 71.7. The van der Waals surface area contributed by atoms with Gasteiger partial charge in [0.2, 0.25) is 0 Å². The number of benzene rings is 9. The standard InChI is InChI=1S/C52H32/c1-5-17-33(18-6-1)47-45-31-37-29-43-41-27-15-13-25-39(41)40-26-14-16-28-42(40)44(43)30-38(37)32-46(45)51-49(35-21-9-3-10-22-35)48(34-19-7-2-8-20-34)50(52(47)51)36-23-11-4-12-24-36/h1-32H. The zero-order valence-electron chi connectivity index (χ0n) is 28.5. The third kappa shape index (κ3) is 4.22. The Labute approximate surface area is 302 Å². The molecule has 0 saturated heterocycles. The highest BCUT2D eigenvalue weighted by molar-refractivity contribution is 6.39. The molecule has 52 heavy (non-hydrogen) atoms. The molecule has 0 saturated carbocycles. The van der Waals surface area contributed by atoms with E-state index in [4.69, 9.17) is 0 Å². The Morgan fingerprint density at radius 3 is 0.885 bits per heavy atom. The Bertz CT molecular complexity index is 3000. The quantitative estimate of drug-likeness (QED) is 0.131. The van der Waals surface area contributed by atoms with E-state index in [0.717, 1.165) is 0 Å². The molecule has 0 heteroatoms. The number of hydrogen-bond acceptors (Lipinski definition) is 0. The number of rotatable bonds is 4. The largest absolute Gasteiger partial charge is 0.0622 e. The summed E-state index contributed by atoms with van der Waals surface area (Å²) in [5, 5.41) is 10.3. The number of fused-ring (bicyclic) bond motifs is 10. The van der Waals surface area contributed by atoms with E-state index in [2.05, 4.69) is 194 Å². The molecule has 0 radical (unpaired) electrons. The van der Waals surface area contributed by atoms with Crippen LogP contribution in [0.25, 0.3) is 71.0 Å². The fourth-order valence-corrected chi connectivity index (χ4v) is 8.98. The van der Waals surface area contributed by atoms with Crippen molar-refractivity contribution in [1.82, 2.24) is 0 Å². The lowest BCUT2D eigenvalue weighted by Crippen LogP contribution is -1.95. The SMILES string of the molecule is c1ccc(C2=C(c3ccccc3)C(c3ccccc3)=C3C2=C(c2ccccc2)c2cc4cc5c6ccccc6c6ccccc6c5cc4cc23)cc1. The lowest BCUT2D eigenvalue weighted by atomic mass is 9.86. The van der Waals surface area contributed by atoms with Crippen LogP contribution in [0.1, 0.15) is 33.4 Å². The summed E-state index contributed by atoms with van der Waals surface area (Å²) >= 11 is 0. The zero-order valence-corrected chi connectivity index (χ0v) is 28.5. The Balaban J connectivity index is 1.31. The van der Waals surface area contributed by atoms with Crippen molar-refractivity contribution >= 4 is 71.0 Å². The van der Waals surface area contributed by atoms with Crippen molar-refractivity contribution in [2.24, 2.45) is 0 Å². The van der Waals surface area contributed by atoms with E-state index in [0.29, 0.717) is 0 Å². The summed E-state index contributed by atoms with van der Waals surface area (Å²) in [7, 11) is 0. The summed E-state index contributed by atoms with van der Waals surface area (Å²) in [6.07, 6.45) is 0. The fourth-order valence-electron chi connectivity index (χ4n) is 8.98. The number of allylic oxidation sites excluding steroid dienone is 5. The summed E-state index contributed by atoms with van der Waals surface area (Å²) in [5.41, 5.74) is 15.3. The summed E-state index contributed by atoms with van der Waals surface area (Å²) < 4.78 is 0. The second kappa shape index (κ2) is 11.4. The first-order valence-corrected chi connectivity index (χ1v) is 18.1. The minimum Gasteiger partial charge on any atom is -0.0622 e. The molecule has 2 aliphatic rings. The van der Waals surface area contributed by atoms with Gasteiger partial charge in [-0.2, -0.15) is 0 Å². The van der Waals surface area contributed by atoms with Crippen LogP contribution in [0, 0.1) is 0 Å². The third-order valence-electron chi connectivity index (χ3n) is 11.1. The van der Waals surface area contributed by atoms with Crippen molar-refractivity contribution in [1.29, 1.82) is 0 Å². The molecule has 240 valence electrons. The molecule has 9 aromatic rings. The van der Waals surface area contributed by atoms with Crippen LogP contribution in [0.3, 0.4) is 0 Å². The van der Waals surface area contributed by atoms with Gasteiger partial charge in [0.15, 0.2) is 0 Å². The molecule has 0 spiro atoms. The van der Waals surface area contributed by atoms with Crippen LogP contribution in [0.15, 0.2) is 200 Å². The fraction of sp³-hybridized carbons (Fsp3) is 0. The normalized spacial score (nSPS) is 13.9. The molecular weight excluding hydrogens is 625 g/mol. The first-order valence-electron chi connectivity index (χ1n) is 18.1. The van der Waals surface area contributed by atoms with Gasteiger partial charge in [-0.3, -0.25) is 0 Å². The highest BCUT2D eigenvalue weighted by Gasteiger charge is 2.40. The van der Waals surface area contributed by atoms with E-state index in [-0.39, 0.29) is 0 Å². The Kier molecular flexibility index (Phi) is 6.35. The highest BCUT2D eigenvalue weighted by Crippen LogP contribution is 2.62. The van der Waals surface area contributed by atoms with E-state index in [1.54, 1.807) is 0 Å². The smallest absolute Gasteiger partial charge is 0.000137 e. The molecule has 0 atom stereocenters. The maximum Gasteiger partial charge on any atom is -0.000137 e. The Morgan fingerprint density at radius 2 is 0.481 bits per heavy atom. The van der Waals surface area contributed by atoms with Crippen molar-refractivity contribution < 1.29 is 0 Å². The average Bonchev–Trinajstić information content (AvgIpc) is 3.73. The second-order valence-electron chi connectivity index (χ2n) is 13.9. The monoisotopic (exact) mass is 656 g/mol. The van der Waals surface area contributed by atoms with Gasteiger partial charge in [0.25, 0.3) is 0 Å². The van der Waals surface area contributed by atoms with Gasteiger partial charge in [-0.1, -0.05) is 170 Å². The highest BCUT2D eigenvalue weighted by atomic mass is 14.4. The van der Waals surface area contributed by atoms with Crippen LogP contribution in [0.4, 0.5) is 0 Å². The van der Waals surface area contributed by atoms with Gasteiger partial charge in [-0.15, -0.1) is 0 Å². The zero-order chi connectivity index (χ0) is 34.2. The minimum absolute atomic E-state index is 1.23. The molecule has 11 rings (SSSR count). The van der Waals surface area contributed by atoms with Gasteiger partial charge < -0.3 is 0 Å². The third-order valence-corrected chi connectivity index (χ3v) is 11.1. The van der Waals surface area contributed by atoms with Crippen molar-refractivity contribution in [3.63, 3.8) is 0 Å². The Morgan fingerprint density at radius 1 is 0.192 bits per heavy atom. The minimum atomic E-state index is 1.23. The topological polar surface area (TPSA) is 0 Å². The molecule has 0 nitrogen and oxygen atoms in total. The van der Waals surface area contributed by atoms with E-state index in [9.17, 15) is 0 Å². The van der Waals surface area contributed by atoms with Gasteiger partial charge in [0.05, 0.1) is 0 Å². The lowest BCUT2D eigenvalue weighted by Gasteiger charge is -2.17. The van der Waals surface area contributed by atoms with Gasteiger partial charge in [-0.25, -0.2) is 0 Å². The van der Waals surface area contributed by atoms with Crippen LogP contribution < -0.4 is 0 Å². The predicted octanol–water partition coefficient (Wildman–Crippen LogP) is 13.7. The summed E-state index contributed by atoms with van der Waals surface area (Å²) in [6.45, 7) is 0. The average molecular weight is 657 g/mol. The van der Waals surface area contributed by atoms with E-state index in [1.807, 2.05) is 0 Å². The maximum absolute atomic E-state index is 2.48. The molecule has 2 aliphatic carbocycles. The van der Waals surface area contributed by atoms with Gasteiger partial charge in [0, 0.05) is 0 Å². The molecule has 0 unspecified atom stereocenters. The van der Waals surface area contributed by atoms with Crippen LogP contribution in [0.2, 0.25) is 0 Å². The first kappa shape index (κ1) is 29.0. The van der Waals surface area contributed by atoms with Crippen molar-refractivity contribution in [2.75, 3.05) is 0 Å². The predicted molar refractivity (Wildman–Crippen MR) is 222 cm³/mol. The van der Waals surface area contributed by atoms with Crippen molar-refractivity contribution in [2.45, 2.75) is 0 Å². The Hall–Kier alpha value is -6.76. The van der Waals surface area contributed by atoms with Crippen LogP contribution in [-0.4, -0.2) is 0 Å². The molecule has 0 aromatic heterocycles.